The topological polar surface area (TPSA) is 24.7 Å². The van der Waals surface area contributed by atoms with Crippen LogP contribution in [0.5, 0.6) is 0 Å². The van der Waals surface area contributed by atoms with Gasteiger partial charge in [0.05, 0.1) is 5.54 Å². The fourth-order valence-electron chi connectivity index (χ4n) is 4.82. The average molecular weight is 252 g/mol. The van der Waals surface area contributed by atoms with E-state index in [4.69, 9.17) is 10.2 Å². The molecule has 3 aliphatic rings. The summed E-state index contributed by atoms with van der Waals surface area (Å²) in [4.78, 5) is 0. The molecule has 1 aromatic rings. The van der Waals surface area contributed by atoms with E-state index in [2.05, 4.69) is 63.3 Å². The van der Waals surface area contributed by atoms with Gasteiger partial charge in [0.25, 0.3) is 0 Å². The number of benzene rings is 1. The van der Waals surface area contributed by atoms with E-state index in [0.29, 0.717) is 11.8 Å². The molecule has 0 spiro atoms. The molecule has 0 aromatic heterocycles. The fourth-order valence-corrected chi connectivity index (χ4v) is 4.82. The van der Waals surface area contributed by atoms with Crippen LogP contribution in [0.3, 0.4) is 0 Å². The molecule has 2 aliphatic carbocycles. The summed E-state index contributed by atoms with van der Waals surface area (Å²) in [5, 5.41) is 9.62. The van der Waals surface area contributed by atoms with Gasteiger partial charge in [-0.3, -0.25) is 0 Å². The van der Waals surface area contributed by atoms with Gasteiger partial charge in [0.2, 0.25) is 0 Å². The molecule has 0 amide bonds. The van der Waals surface area contributed by atoms with Gasteiger partial charge in [-0.15, -0.1) is 0 Å². The summed E-state index contributed by atoms with van der Waals surface area (Å²) in [6.07, 6.45) is 5.82. The van der Waals surface area contributed by atoms with Crippen molar-refractivity contribution in [3.05, 3.63) is 48.0 Å². The first-order valence-electron chi connectivity index (χ1n) is 7.28. The predicted octanol–water partition coefficient (Wildman–Crippen LogP) is 4.34. The molecule has 1 aliphatic heterocycles. The minimum atomic E-state index is -0.142. The van der Waals surface area contributed by atoms with E-state index in [1.165, 1.54) is 5.56 Å². The maximum absolute atomic E-state index is 4.86. The van der Waals surface area contributed by atoms with Crippen molar-refractivity contribution in [1.29, 1.82) is 0 Å². The van der Waals surface area contributed by atoms with E-state index in [9.17, 15) is 0 Å². The Morgan fingerprint density at radius 2 is 1.68 bits per heavy atom. The Morgan fingerprint density at radius 1 is 1.00 bits per heavy atom. The second-order valence-electron chi connectivity index (χ2n) is 6.60. The number of hydrogen-bond donors (Lipinski definition) is 0. The van der Waals surface area contributed by atoms with Crippen molar-refractivity contribution >= 4 is 0 Å². The van der Waals surface area contributed by atoms with Crippen LogP contribution in [-0.4, -0.2) is 5.54 Å². The monoisotopic (exact) mass is 252 g/mol. The standard InChI is InChI=1S/C17H20N2/c1-4-15(2)16(3)13-10-11-14(13)17(15,19-18-16)12-8-6-5-7-9-12/h5-11,13-14H,4H2,1-3H3/t13-,14+,15+,16+,17+/m1/s1. The molecule has 0 radical (unpaired) electrons. The number of azo groups is 1. The molecule has 2 bridgehead atoms. The molecule has 98 valence electrons. The van der Waals surface area contributed by atoms with Gasteiger partial charge in [-0.1, -0.05) is 56.3 Å². The Hall–Kier alpha value is -1.44. The van der Waals surface area contributed by atoms with Gasteiger partial charge in [0, 0.05) is 17.3 Å². The molecule has 1 aromatic carbocycles. The van der Waals surface area contributed by atoms with Crippen molar-refractivity contribution in [2.75, 3.05) is 0 Å². The largest absolute Gasteiger partial charge is 0.185 e. The molecule has 1 fully saturated rings. The van der Waals surface area contributed by atoms with E-state index < -0.39 is 0 Å². The Labute approximate surface area is 114 Å². The molecular weight excluding hydrogens is 232 g/mol. The molecule has 5 atom stereocenters. The van der Waals surface area contributed by atoms with Gasteiger partial charge in [-0.2, -0.15) is 10.2 Å². The number of fused-ring (bicyclic) bond motifs is 5. The third-order valence-corrected chi connectivity index (χ3v) is 6.34. The molecule has 0 N–H and O–H groups in total. The second kappa shape index (κ2) is 3.17. The van der Waals surface area contributed by atoms with E-state index in [1.54, 1.807) is 0 Å². The van der Waals surface area contributed by atoms with Crippen molar-refractivity contribution in [2.45, 2.75) is 38.3 Å². The average Bonchev–Trinajstić information content (AvgIpc) is 2.67. The highest BCUT2D eigenvalue weighted by molar-refractivity contribution is 5.45. The maximum Gasteiger partial charge on any atom is 0.121 e. The summed E-state index contributed by atoms with van der Waals surface area (Å²) in [5.74, 6) is 1.09. The van der Waals surface area contributed by atoms with Crippen LogP contribution in [0, 0.1) is 17.3 Å². The summed E-state index contributed by atoms with van der Waals surface area (Å²) in [6.45, 7) is 6.98. The molecule has 0 saturated heterocycles. The first-order valence-corrected chi connectivity index (χ1v) is 7.28. The SMILES string of the molecule is CC[C@@]1(C)[C@@]2(C)N=N[C@@]1(c1ccccc1)[C@H]1C=C[C@H]12. The first-order chi connectivity index (χ1) is 9.10. The Morgan fingerprint density at radius 3 is 2.26 bits per heavy atom. The highest BCUT2D eigenvalue weighted by Gasteiger charge is 2.77. The lowest BCUT2D eigenvalue weighted by Crippen LogP contribution is -2.45. The van der Waals surface area contributed by atoms with Crippen LogP contribution in [0.1, 0.15) is 32.8 Å². The van der Waals surface area contributed by atoms with Crippen LogP contribution in [0.4, 0.5) is 0 Å². The molecule has 1 saturated carbocycles. The lowest BCUT2D eigenvalue weighted by atomic mass is 9.62. The molecule has 4 rings (SSSR count). The fraction of sp³-hybridized carbons (Fsp3) is 0.529. The first kappa shape index (κ1) is 11.4. The van der Waals surface area contributed by atoms with Gasteiger partial charge in [-0.25, -0.2) is 0 Å². The van der Waals surface area contributed by atoms with Crippen molar-refractivity contribution in [1.82, 2.24) is 0 Å². The Balaban J connectivity index is 2.00. The minimum absolute atomic E-state index is 0.0307. The van der Waals surface area contributed by atoms with Crippen LogP contribution in [0.25, 0.3) is 0 Å². The highest BCUT2D eigenvalue weighted by Crippen LogP contribution is 2.74. The van der Waals surface area contributed by atoms with Gasteiger partial charge >= 0.3 is 0 Å². The van der Waals surface area contributed by atoms with Crippen LogP contribution in [0.15, 0.2) is 52.7 Å². The van der Waals surface area contributed by atoms with Crippen LogP contribution >= 0.6 is 0 Å². The summed E-state index contributed by atoms with van der Waals surface area (Å²) in [5.41, 5.74) is 1.28. The van der Waals surface area contributed by atoms with Gasteiger partial charge < -0.3 is 0 Å². The zero-order chi connectivity index (χ0) is 13.3. The highest BCUT2D eigenvalue weighted by atomic mass is 15.3. The summed E-state index contributed by atoms with van der Waals surface area (Å²) in [7, 11) is 0. The van der Waals surface area contributed by atoms with Crippen molar-refractivity contribution in [2.24, 2.45) is 27.5 Å². The van der Waals surface area contributed by atoms with E-state index in [0.717, 1.165) is 6.42 Å². The summed E-state index contributed by atoms with van der Waals surface area (Å²) < 4.78 is 0. The predicted molar refractivity (Wildman–Crippen MR) is 75.9 cm³/mol. The van der Waals surface area contributed by atoms with E-state index in [-0.39, 0.29) is 16.5 Å². The summed E-state index contributed by atoms with van der Waals surface area (Å²) >= 11 is 0. The Bertz CT molecular complexity index is 591. The second-order valence-corrected chi connectivity index (χ2v) is 6.60. The van der Waals surface area contributed by atoms with Gasteiger partial charge in [-0.05, 0) is 18.9 Å². The lowest BCUT2D eigenvalue weighted by Gasteiger charge is -2.41. The zero-order valence-corrected chi connectivity index (χ0v) is 11.8. The third kappa shape index (κ3) is 0.926. The summed E-state index contributed by atoms with van der Waals surface area (Å²) in [6, 6.07) is 10.8. The zero-order valence-electron chi connectivity index (χ0n) is 11.8. The Kier molecular flexibility index (Phi) is 1.90. The smallest absolute Gasteiger partial charge is 0.121 e. The van der Waals surface area contributed by atoms with Crippen LogP contribution < -0.4 is 0 Å². The molecule has 1 heterocycles. The molecular formula is C17H20N2. The van der Waals surface area contributed by atoms with Gasteiger partial charge in [0.1, 0.15) is 5.54 Å². The quantitative estimate of drug-likeness (QED) is 0.700. The van der Waals surface area contributed by atoms with E-state index in [1.807, 2.05) is 0 Å². The third-order valence-electron chi connectivity index (χ3n) is 6.34. The molecule has 19 heavy (non-hydrogen) atoms. The number of rotatable bonds is 2. The van der Waals surface area contributed by atoms with E-state index >= 15 is 0 Å². The lowest BCUT2D eigenvalue weighted by molar-refractivity contribution is 0.138. The minimum Gasteiger partial charge on any atom is -0.185 e. The van der Waals surface area contributed by atoms with Crippen molar-refractivity contribution in [3.63, 3.8) is 0 Å². The normalized spacial score (nSPS) is 49.2. The van der Waals surface area contributed by atoms with Crippen molar-refractivity contribution in [3.8, 4) is 0 Å². The van der Waals surface area contributed by atoms with Crippen LogP contribution in [-0.2, 0) is 5.54 Å². The van der Waals surface area contributed by atoms with Gasteiger partial charge in [0.15, 0.2) is 0 Å². The number of hydrogen-bond acceptors (Lipinski definition) is 2. The molecule has 0 unspecified atom stereocenters. The van der Waals surface area contributed by atoms with Crippen molar-refractivity contribution < 1.29 is 0 Å². The molecule has 2 nitrogen and oxygen atoms in total. The number of nitrogens with zero attached hydrogens (tertiary/aromatic N) is 2. The van der Waals surface area contributed by atoms with Crippen LogP contribution in [0.2, 0.25) is 0 Å². The maximum atomic E-state index is 4.86. The molecule has 2 heteroatoms.